The van der Waals surface area contributed by atoms with E-state index in [1.54, 1.807) is 33.5 Å². The Labute approximate surface area is 211 Å². The van der Waals surface area contributed by atoms with Crippen LogP contribution in [0.15, 0.2) is 42.5 Å². The van der Waals surface area contributed by atoms with Crippen LogP contribution >= 0.6 is 0 Å². The topological polar surface area (TPSA) is 106 Å². The molecular weight excluding hydrogens is 462 g/mol. The second-order valence-electron chi connectivity index (χ2n) is 9.18. The van der Waals surface area contributed by atoms with Crippen molar-refractivity contribution in [2.24, 2.45) is 11.8 Å². The number of ether oxygens (including phenoxy) is 3. The molecule has 2 fully saturated rings. The van der Waals surface area contributed by atoms with Gasteiger partial charge in [0.2, 0.25) is 11.8 Å². The fourth-order valence-electron chi connectivity index (χ4n) is 4.97. The number of rotatable bonds is 9. The maximum absolute atomic E-state index is 13.1. The normalized spacial score (nSPS) is 21.3. The zero-order valence-corrected chi connectivity index (χ0v) is 20.9. The van der Waals surface area contributed by atoms with Crippen LogP contribution in [-0.2, 0) is 22.6 Å². The molecule has 3 unspecified atom stereocenters. The van der Waals surface area contributed by atoms with Crippen LogP contribution in [0.2, 0.25) is 0 Å². The highest BCUT2D eigenvalue weighted by molar-refractivity contribution is 5.99. The average Bonchev–Trinajstić information content (AvgIpc) is 2.90. The quantitative estimate of drug-likeness (QED) is 0.554. The van der Waals surface area contributed by atoms with Gasteiger partial charge in [0.1, 0.15) is 5.75 Å². The van der Waals surface area contributed by atoms with Gasteiger partial charge in [-0.15, -0.1) is 0 Å². The largest absolute Gasteiger partial charge is 0.497 e. The number of hydrogen-bond acceptors (Lipinski definition) is 6. The Hall–Kier alpha value is -3.75. The predicted molar refractivity (Wildman–Crippen MR) is 133 cm³/mol. The number of benzene rings is 2. The van der Waals surface area contributed by atoms with Crippen LogP contribution in [0.3, 0.4) is 0 Å². The number of carbonyl (C=O) groups is 3. The smallest absolute Gasteiger partial charge is 0.324 e. The Bertz CT molecular complexity index is 1100. The summed E-state index contributed by atoms with van der Waals surface area (Å²) in [4.78, 5) is 40.0. The van der Waals surface area contributed by atoms with E-state index in [4.69, 9.17) is 14.2 Å². The van der Waals surface area contributed by atoms with Crippen LogP contribution in [-0.4, -0.2) is 56.7 Å². The summed E-state index contributed by atoms with van der Waals surface area (Å²) in [6.07, 6.45) is 2.29. The van der Waals surface area contributed by atoms with E-state index in [1.807, 2.05) is 30.3 Å². The molecule has 1 heterocycles. The number of carbonyl (C=O) groups excluding carboxylic acids is 3. The van der Waals surface area contributed by atoms with Gasteiger partial charge in [-0.3, -0.25) is 14.5 Å². The van der Waals surface area contributed by atoms with E-state index >= 15 is 0 Å². The molecule has 2 aliphatic rings. The minimum atomic E-state index is -0.411. The second kappa shape index (κ2) is 11.3. The van der Waals surface area contributed by atoms with Crippen LogP contribution in [0.1, 0.15) is 30.4 Å². The van der Waals surface area contributed by atoms with E-state index in [-0.39, 0.29) is 36.2 Å². The molecule has 1 aliphatic heterocycles. The van der Waals surface area contributed by atoms with Gasteiger partial charge in [-0.2, -0.15) is 0 Å². The highest BCUT2D eigenvalue weighted by Crippen LogP contribution is 2.34. The number of nitrogens with zero attached hydrogens (tertiary/aromatic N) is 1. The number of fused-ring (bicyclic) bond motifs is 1. The van der Waals surface area contributed by atoms with Crippen molar-refractivity contribution in [3.63, 3.8) is 0 Å². The molecule has 0 spiro atoms. The summed E-state index contributed by atoms with van der Waals surface area (Å²) >= 11 is 0. The minimum absolute atomic E-state index is 0.0451. The minimum Gasteiger partial charge on any atom is -0.497 e. The molecule has 9 heteroatoms. The fourth-order valence-corrected chi connectivity index (χ4v) is 4.97. The van der Waals surface area contributed by atoms with Crippen LogP contribution in [0.25, 0.3) is 0 Å². The number of hydrogen-bond donors (Lipinski definition) is 2. The van der Waals surface area contributed by atoms with E-state index in [0.717, 1.165) is 11.1 Å². The predicted octanol–water partition coefficient (Wildman–Crippen LogP) is 2.91. The first-order chi connectivity index (χ1) is 17.4. The van der Waals surface area contributed by atoms with Crippen molar-refractivity contribution in [2.45, 2.75) is 38.3 Å². The molecule has 4 amide bonds. The molecule has 2 N–H and O–H groups in total. The molecule has 1 saturated carbocycles. The summed E-state index contributed by atoms with van der Waals surface area (Å²) in [7, 11) is 4.77. The summed E-state index contributed by atoms with van der Waals surface area (Å²) in [6.45, 7) is 0.692. The third-order valence-corrected chi connectivity index (χ3v) is 7.02. The average molecular weight is 496 g/mol. The van der Waals surface area contributed by atoms with Gasteiger partial charge >= 0.3 is 6.03 Å². The van der Waals surface area contributed by atoms with Gasteiger partial charge in [0.15, 0.2) is 11.5 Å². The van der Waals surface area contributed by atoms with Crippen LogP contribution in [0, 0.1) is 11.8 Å². The lowest BCUT2D eigenvalue weighted by molar-refractivity contribution is -0.139. The Morgan fingerprint density at radius 2 is 1.69 bits per heavy atom. The maximum Gasteiger partial charge on any atom is 0.324 e. The van der Waals surface area contributed by atoms with Gasteiger partial charge < -0.3 is 24.8 Å². The molecule has 9 nitrogen and oxygen atoms in total. The summed E-state index contributed by atoms with van der Waals surface area (Å²) in [5.74, 6) is 1.26. The highest BCUT2D eigenvalue weighted by Gasteiger charge is 2.45. The third-order valence-electron chi connectivity index (χ3n) is 7.02. The molecule has 0 aromatic heterocycles. The number of urea groups is 1. The van der Waals surface area contributed by atoms with Crippen molar-refractivity contribution in [1.82, 2.24) is 15.5 Å². The van der Waals surface area contributed by atoms with Crippen molar-refractivity contribution in [3.05, 3.63) is 53.6 Å². The summed E-state index contributed by atoms with van der Waals surface area (Å²) in [6, 6.07) is 12.2. The zero-order chi connectivity index (χ0) is 25.7. The standard InChI is InChI=1S/C27H33N3O6/c1-34-20-8-4-18(5-9-20)16-30-26(32)21-10-7-19(15-22(21)29-27(30)33)25(31)28-13-12-17-6-11-23(35-2)24(14-17)36-3/h4-6,8-9,11,14,19,21-22H,7,10,12-13,15-16H2,1-3H3,(H,28,31)(H,29,33). The molecule has 2 aromatic rings. The van der Waals surface area contributed by atoms with Crippen LogP contribution in [0.5, 0.6) is 17.2 Å². The molecule has 192 valence electrons. The first kappa shape index (κ1) is 25.3. The lowest BCUT2D eigenvalue weighted by atomic mass is 9.76. The monoisotopic (exact) mass is 495 g/mol. The molecule has 0 radical (unpaired) electrons. The van der Waals surface area contributed by atoms with Gasteiger partial charge in [-0.25, -0.2) is 4.79 Å². The Balaban J connectivity index is 1.29. The molecule has 0 bridgehead atoms. The summed E-state index contributed by atoms with van der Waals surface area (Å²) < 4.78 is 15.8. The van der Waals surface area contributed by atoms with Crippen molar-refractivity contribution in [2.75, 3.05) is 27.9 Å². The van der Waals surface area contributed by atoms with Gasteiger partial charge in [0.25, 0.3) is 0 Å². The molecule has 4 rings (SSSR count). The van der Waals surface area contributed by atoms with Crippen molar-refractivity contribution >= 4 is 17.8 Å². The van der Waals surface area contributed by atoms with Gasteiger partial charge in [0.05, 0.1) is 33.8 Å². The van der Waals surface area contributed by atoms with Gasteiger partial charge in [-0.05, 0) is 61.1 Å². The molecular formula is C27H33N3O6. The van der Waals surface area contributed by atoms with Crippen molar-refractivity contribution in [3.8, 4) is 17.2 Å². The SMILES string of the molecule is COc1ccc(CN2C(=O)NC3CC(C(=O)NCCc4ccc(OC)c(OC)c4)CCC3C2=O)cc1. The number of methoxy groups -OCH3 is 3. The molecule has 2 aromatic carbocycles. The summed E-state index contributed by atoms with van der Waals surface area (Å²) in [5, 5.41) is 5.97. The van der Waals surface area contributed by atoms with Crippen molar-refractivity contribution in [1.29, 1.82) is 0 Å². The molecule has 36 heavy (non-hydrogen) atoms. The van der Waals surface area contributed by atoms with Gasteiger partial charge in [-0.1, -0.05) is 18.2 Å². The Morgan fingerprint density at radius 1 is 0.972 bits per heavy atom. The number of nitrogens with one attached hydrogen (secondary N) is 2. The number of amides is 4. The number of imide groups is 1. The van der Waals surface area contributed by atoms with E-state index in [9.17, 15) is 14.4 Å². The lowest BCUT2D eigenvalue weighted by Gasteiger charge is -2.42. The van der Waals surface area contributed by atoms with Crippen molar-refractivity contribution < 1.29 is 28.6 Å². The van der Waals surface area contributed by atoms with Crippen LogP contribution in [0.4, 0.5) is 4.79 Å². The fraction of sp³-hybridized carbons (Fsp3) is 0.444. The first-order valence-corrected chi connectivity index (χ1v) is 12.2. The summed E-state index contributed by atoms with van der Waals surface area (Å²) in [5.41, 5.74) is 1.87. The van der Waals surface area contributed by atoms with E-state index in [2.05, 4.69) is 10.6 Å². The second-order valence-corrected chi connectivity index (χ2v) is 9.18. The third kappa shape index (κ3) is 5.56. The zero-order valence-electron chi connectivity index (χ0n) is 20.9. The van der Waals surface area contributed by atoms with Gasteiger partial charge in [0, 0.05) is 18.5 Å². The molecule has 1 saturated heterocycles. The van der Waals surface area contributed by atoms with Crippen LogP contribution < -0.4 is 24.8 Å². The Morgan fingerprint density at radius 3 is 2.39 bits per heavy atom. The van der Waals surface area contributed by atoms with E-state index in [1.165, 1.54) is 4.90 Å². The maximum atomic E-state index is 13.1. The first-order valence-electron chi connectivity index (χ1n) is 12.2. The lowest BCUT2D eigenvalue weighted by Crippen LogP contribution is -2.61. The van der Waals surface area contributed by atoms with E-state index < -0.39 is 6.03 Å². The molecule has 1 aliphatic carbocycles. The van der Waals surface area contributed by atoms with E-state index in [0.29, 0.717) is 49.5 Å². The highest BCUT2D eigenvalue weighted by atomic mass is 16.5. The molecule has 3 atom stereocenters. The Kier molecular flexibility index (Phi) is 7.97.